The number of nitrogens with two attached hydrogens (primary N) is 2. The molecule has 28 heavy (non-hydrogen) atoms. The second-order valence-corrected chi connectivity index (χ2v) is 9.35. The van der Waals surface area contributed by atoms with Crippen molar-refractivity contribution in [1.29, 1.82) is 0 Å². The Bertz CT molecular complexity index is 1320. The van der Waals surface area contributed by atoms with E-state index < -0.39 is 47.9 Å². The summed E-state index contributed by atoms with van der Waals surface area (Å²) >= 11 is 0. The first-order chi connectivity index (χ1) is 12.7. The van der Waals surface area contributed by atoms with Crippen molar-refractivity contribution in [3.8, 4) is 11.1 Å². The van der Waals surface area contributed by atoms with Crippen molar-refractivity contribution in [2.75, 3.05) is 0 Å². The third-order valence-corrected chi connectivity index (χ3v) is 6.28. The summed E-state index contributed by atoms with van der Waals surface area (Å²) in [5.41, 5.74) is -0.762. The van der Waals surface area contributed by atoms with Gasteiger partial charge in [-0.2, -0.15) is 0 Å². The van der Waals surface area contributed by atoms with Crippen molar-refractivity contribution in [2.45, 2.75) is 23.6 Å². The molecule has 0 unspecified atom stereocenters. The third-order valence-electron chi connectivity index (χ3n) is 4.38. The Morgan fingerprint density at radius 1 is 0.821 bits per heavy atom. The van der Waals surface area contributed by atoms with E-state index in [0.717, 1.165) is 19.9 Å². The molecule has 0 saturated heterocycles. The van der Waals surface area contributed by atoms with Crippen molar-refractivity contribution < 1.29 is 31.2 Å². The van der Waals surface area contributed by atoms with Gasteiger partial charge in [0.05, 0.1) is 4.90 Å². The van der Waals surface area contributed by atoms with Crippen LogP contribution in [-0.2, 0) is 20.0 Å². The van der Waals surface area contributed by atoms with Crippen LogP contribution in [0.5, 0.6) is 0 Å². The molecule has 9 nitrogen and oxygen atoms in total. The standard InChI is InChI=1S/C17H14N2O7S2/c1-7(20)11-6-12-10-4-3-9(27(18,23)24)5-13(10)16(22)15(12)14(8(2)21)17(11)28(19,25)26/h3-6H,1-2H3,(H2,18,23,24)(H2,19,25,26). The maximum absolute atomic E-state index is 12.9. The van der Waals surface area contributed by atoms with Gasteiger partial charge in [-0.1, -0.05) is 6.07 Å². The third kappa shape index (κ3) is 2.98. The number of hydrogen-bond acceptors (Lipinski definition) is 7. The van der Waals surface area contributed by atoms with Crippen LogP contribution in [-0.4, -0.2) is 34.2 Å². The quantitative estimate of drug-likeness (QED) is 0.579. The number of primary sulfonamides is 2. The molecular formula is C17H14N2O7S2. The highest BCUT2D eigenvalue weighted by molar-refractivity contribution is 7.89. The normalized spacial score (nSPS) is 13.2. The zero-order valence-corrected chi connectivity index (χ0v) is 16.3. The first kappa shape index (κ1) is 20.0. The van der Waals surface area contributed by atoms with Gasteiger partial charge in [0.15, 0.2) is 17.3 Å². The summed E-state index contributed by atoms with van der Waals surface area (Å²) in [6, 6.07) is 4.69. The SMILES string of the molecule is CC(=O)c1cc2c(c(C(C)=O)c1S(N)(=O)=O)C(=O)c1cc(S(N)(=O)=O)ccc1-2. The lowest BCUT2D eigenvalue weighted by atomic mass is 9.94. The first-order valence-corrected chi connectivity index (χ1v) is 10.8. The lowest BCUT2D eigenvalue weighted by Gasteiger charge is -2.14. The van der Waals surface area contributed by atoms with Crippen molar-refractivity contribution in [3.63, 3.8) is 0 Å². The zero-order valence-electron chi connectivity index (χ0n) is 14.6. The summed E-state index contributed by atoms with van der Waals surface area (Å²) in [6.45, 7) is 2.14. The Morgan fingerprint density at radius 2 is 1.43 bits per heavy atom. The summed E-state index contributed by atoms with van der Waals surface area (Å²) in [5, 5.41) is 10.3. The Hall–Kier alpha value is -2.73. The molecule has 0 saturated carbocycles. The number of carbonyl (C=O) groups excluding carboxylic acids is 3. The van der Waals surface area contributed by atoms with Crippen molar-refractivity contribution in [1.82, 2.24) is 0 Å². The van der Waals surface area contributed by atoms with Crippen LogP contribution in [0.25, 0.3) is 11.1 Å². The van der Waals surface area contributed by atoms with Gasteiger partial charge in [0.25, 0.3) is 0 Å². The molecule has 0 aromatic heterocycles. The maximum atomic E-state index is 12.9. The van der Waals surface area contributed by atoms with Crippen LogP contribution < -0.4 is 10.3 Å². The highest BCUT2D eigenvalue weighted by Crippen LogP contribution is 2.42. The van der Waals surface area contributed by atoms with Crippen molar-refractivity contribution in [3.05, 3.63) is 46.5 Å². The van der Waals surface area contributed by atoms with E-state index in [4.69, 9.17) is 10.3 Å². The van der Waals surface area contributed by atoms with Crippen LogP contribution in [0.2, 0.25) is 0 Å². The summed E-state index contributed by atoms with van der Waals surface area (Å²) in [7, 11) is -8.63. The molecular weight excluding hydrogens is 408 g/mol. The molecule has 0 fully saturated rings. The van der Waals surface area contributed by atoms with E-state index in [0.29, 0.717) is 0 Å². The van der Waals surface area contributed by atoms with Crippen LogP contribution in [0, 0.1) is 0 Å². The van der Waals surface area contributed by atoms with Crippen LogP contribution in [0.4, 0.5) is 0 Å². The van der Waals surface area contributed by atoms with E-state index in [2.05, 4.69) is 0 Å². The molecule has 2 aromatic rings. The van der Waals surface area contributed by atoms with Gasteiger partial charge < -0.3 is 0 Å². The minimum Gasteiger partial charge on any atom is -0.294 e. The maximum Gasteiger partial charge on any atom is 0.239 e. The van der Waals surface area contributed by atoms with Crippen LogP contribution in [0.15, 0.2) is 34.1 Å². The van der Waals surface area contributed by atoms with E-state index in [-0.39, 0.29) is 32.7 Å². The fourth-order valence-corrected chi connectivity index (χ4v) is 4.84. The molecule has 0 bridgehead atoms. The minimum absolute atomic E-state index is 0.0786. The second kappa shape index (κ2) is 6.14. The fourth-order valence-electron chi connectivity index (χ4n) is 3.26. The van der Waals surface area contributed by atoms with Gasteiger partial charge >= 0.3 is 0 Å². The number of ketones is 3. The minimum atomic E-state index is -4.53. The fraction of sp³-hybridized carbons (Fsp3) is 0.118. The summed E-state index contributed by atoms with van der Waals surface area (Å²) in [6.07, 6.45) is 0. The molecule has 0 radical (unpaired) electrons. The lowest BCUT2D eigenvalue weighted by molar-refractivity contribution is 0.0987. The van der Waals surface area contributed by atoms with Gasteiger partial charge in [-0.3, -0.25) is 14.4 Å². The van der Waals surface area contributed by atoms with Gasteiger partial charge in [0, 0.05) is 22.3 Å². The smallest absolute Gasteiger partial charge is 0.239 e. The van der Waals surface area contributed by atoms with E-state index in [1.807, 2.05) is 0 Å². The Balaban J connectivity index is 2.51. The zero-order chi connectivity index (χ0) is 21.2. The number of benzene rings is 2. The van der Waals surface area contributed by atoms with E-state index in [1.165, 1.54) is 18.2 Å². The highest BCUT2D eigenvalue weighted by Gasteiger charge is 2.37. The molecule has 3 rings (SSSR count). The second-order valence-electron chi connectivity index (χ2n) is 6.29. The van der Waals surface area contributed by atoms with Crippen molar-refractivity contribution in [2.24, 2.45) is 10.3 Å². The topological polar surface area (TPSA) is 172 Å². The first-order valence-electron chi connectivity index (χ1n) is 7.72. The number of rotatable bonds is 4. The van der Waals surface area contributed by atoms with E-state index in [9.17, 15) is 31.2 Å². The van der Waals surface area contributed by atoms with Crippen LogP contribution in [0.3, 0.4) is 0 Å². The predicted molar refractivity (Wildman–Crippen MR) is 98.1 cm³/mol. The Morgan fingerprint density at radius 3 is 1.89 bits per heavy atom. The number of Topliss-reactive ketones (excluding diaryl/α,β-unsaturated/α-hetero) is 2. The van der Waals surface area contributed by atoms with Gasteiger partial charge in [0.1, 0.15) is 4.90 Å². The lowest BCUT2D eigenvalue weighted by Crippen LogP contribution is -2.22. The molecule has 0 aliphatic heterocycles. The Labute approximate surface area is 160 Å². The van der Waals surface area contributed by atoms with Gasteiger partial charge in [-0.05, 0) is 43.2 Å². The molecule has 1 aliphatic rings. The highest BCUT2D eigenvalue weighted by atomic mass is 32.2. The molecule has 146 valence electrons. The molecule has 0 atom stereocenters. The molecule has 1 aliphatic carbocycles. The van der Waals surface area contributed by atoms with Crippen molar-refractivity contribution >= 4 is 37.4 Å². The number of hydrogen-bond donors (Lipinski definition) is 2. The summed E-state index contributed by atoms with van der Waals surface area (Å²) < 4.78 is 47.4. The average Bonchev–Trinajstić information content (AvgIpc) is 2.83. The van der Waals surface area contributed by atoms with Gasteiger partial charge in [-0.15, -0.1) is 0 Å². The predicted octanol–water partition coefficient (Wildman–Crippen LogP) is 0.598. The molecule has 0 amide bonds. The molecule has 0 heterocycles. The molecule has 11 heteroatoms. The van der Waals surface area contributed by atoms with E-state index in [1.54, 1.807) is 0 Å². The van der Waals surface area contributed by atoms with E-state index >= 15 is 0 Å². The van der Waals surface area contributed by atoms with Crippen LogP contribution >= 0.6 is 0 Å². The molecule has 4 N–H and O–H groups in total. The Kier molecular flexibility index (Phi) is 4.39. The van der Waals surface area contributed by atoms with Gasteiger partial charge in [-0.25, -0.2) is 27.1 Å². The number of sulfonamides is 2. The molecule has 2 aromatic carbocycles. The molecule has 0 spiro atoms. The summed E-state index contributed by atoms with van der Waals surface area (Å²) in [5.74, 6) is -2.21. The monoisotopic (exact) mass is 422 g/mol. The van der Waals surface area contributed by atoms with Crippen LogP contribution in [0.1, 0.15) is 50.5 Å². The number of carbonyl (C=O) groups is 3. The number of fused-ring (bicyclic) bond motifs is 3. The van der Waals surface area contributed by atoms with Gasteiger partial charge in [0.2, 0.25) is 20.0 Å². The summed E-state index contributed by atoms with van der Waals surface area (Å²) in [4.78, 5) is 36.2. The largest absolute Gasteiger partial charge is 0.294 e. The average molecular weight is 422 g/mol.